The van der Waals surface area contributed by atoms with E-state index in [4.69, 9.17) is 0 Å². The molecule has 0 saturated heterocycles. The Labute approximate surface area is 94.9 Å². The highest BCUT2D eigenvalue weighted by molar-refractivity contribution is 8.14. The fraction of sp³-hybridized carbons (Fsp3) is 0.800. The van der Waals surface area contributed by atoms with Gasteiger partial charge in [0.1, 0.15) is 6.04 Å². The van der Waals surface area contributed by atoms with Crippen molar-refractivity contribution in [2.75, 3.05) is 12.9 Å². The van der Waals surface area contributed by atoms with E-state index in [-0.39, 0.29) is 12.0 Å². The number of hydrogen-bond donors (Lipinski definition) is 1. The zero-order valence-corrected chi connectivity index (χ0v) is 10.4. The predicted molar refractivity (Wildman–Crippen MR) is 63.1 cm³/mol. The summed E-state index contributed by atoms with van der Waals surface area (Å²) in [5.74, 6) is 1.28. The van der Waals surface area contributed by atoms with Crippen molar-refractivity contribution in [1.29, 1.82) is 0 Å². The van der Waals surface area contributed by atoms with Gasteiger partial charge in [0, 0.05) is 5.75 Å². The van der Waals surface area contributed by atoms with Crippen LogP contribution in [-0.2, 0) is 9.53 Å². The van der Waals surface area contributed by atoms with Crippen LogP contribution in [0.25, 0.3) is 0 Å². The van der Waals surface area contributed by atoms with E-state index in [1.54, 1.807) is 18.7 Å². The summed E-state index contributed by atoms with van der Waals surface area (Å²) in [5, 5.41) is 3.91. The molecule has 0 aromatic heterocycles. The molecule has 1 heterocycles. The van der Waals surface area contributed by atoms with Crippen molar-refractivity contribution in [3.05, 3.63) is 0 Å². The van der Waals surface area contributed by atoms with Crippen LogP contribution in [0.2, 0.25) is 0 Å². The van der Waals surface area contributed by atoms with Gasteiger partial charge in [-0.25, -0.2) is 4.79 Å². The van der Waals surface area contributed by atoms with Crippen molar-refractivity contribution in [3.8, 4) is 0 Å². The summed E-state index contributed by atoms with van der Waals surface area (Å²) in [4.78, 5) is 15.7. The number of carbonyl (C=O) groups is 1. The van der Waals surface area contributed by atoms with Crippen LogP contribution in [0.3, 0.4) is 0 Å². The third-order valence-electron chi connectivity index (χ3n) is 2.34. The van der Waals surface area contributed by atoms with Gasteiger partial charge in [-0.1, -0.05) is 25.6 Å². The summed E-state index contributed by atoms with van der Waals surface area (Å²) in [6.07, 6.45) is 0. The molecule has 0 aliphatic carbocycles. The van der Waals surface area contributed by atoms with Crippen molar-refractivity contribution >= 4 is 22.9 Å². The standard InChI is InChI=1S/C10H18N2O2S/c1-6(2)8-5-15-10(12-8)11-7(3)9(13)14-4/h6-8H,5H2,1-4H3,(H,11,12)/t7?,8-/m1/s1. The van der Waals surface area contributed by atoms with Crippen molar-refractivity contribution in [2.45, 2.75) is 32.9 Å². The molecule has 1 rings (SSSR count). The molecular formula is C10H18N2O2S. The number of hydrogen-bond acceptors (Lipinski definition) is 5. The Morgan fingerprint density at radius 2 is 2.27 bits per heavy atom. The van der Waals surface area contributed by atoms with Crippen molar-refractivity contribution in [3.63, 3.8) is 0 Å². The molecule has 4 nitrogen and oxygen atoms in total. The summed E-state index contributed by atoms with van der Waals surface area (Å²) >= 11 is 1.67. The van der Waals surface area contributed by atoms with Gasteiger partial charge in [-0.15, -0.1) is 0 Å². The SMILES string of the molecule is COC(=O)C(C)NC1=N[C@@H](C(C)C)CS1. The van der Waals surface area contributed by atoms with Gasteiger partial charge >= 0.3 is 5.97 Å². The minimum atomic E-state index is -0.327. The molecule has 86 valence electrons. The quantitative estimate of drug-likeness (QED) is 0.742. The maximum atomic E-state index is 11.2. The number of methoxy groups -OCH3 is 1. The second-order valence-corrected chi connectivity index (χ2v) is 4.95. The third-order valence-corrected chi connectivity index (χ3v) is 3.34. The lowest BCUT2D eigenvalue weighted by Gasteiger charge is -2.11. The van der Waals surface area contributed by atoms with E-state index in [0.717, 1.165) is 10.9 Å². The summed E-state index contributed by atoms with van der Waals surface area (Å²) in [6.45, 7) is 6.08. The zero-order valence-electron chi connectivity index (χ0n) is 9.61. The number of nitrogens with zero attached hydrogens (tertiary/aromatic N) is 1. The Kier molecular flexibility index (Phi) is 4.45. The minimum Gasteiger partial charge on any atom is -0.467 e. The van der Waals surface area contributed by atoms with E-state index in [0.29, 0.717) is 12.0 Å². The highest BCUT2D eigenvalue weighted by atomic mass is 32.2. The van der Waals surface area contributed by atoms with E-state index >= 15 is 0 Å². The number of carbonyl (C=O) groups excluding carboxylic acids is 1. The van der Waals surface area contributed by atoms with Crippen LogP contribution in [-0.4, -0.2) is 36.1 Å². The van der Waals surface area contributed by atoms with E-state index in [9.17, 15) is 4.79 Å². The molecular weight excluding hydrogens is 212 g/mol. The lowest BCUT2D eigenvalue weighted by molar-refractivity contribution is -0.142. The summed E-state index contributed by atoms with van der Waals surface area (Å²) in [5.41, 5.74) is 0. The molecule has 0 aromatic rings. The molecule has 0 aromatic carbocycles. The van der Waals surface area contributed by atoms with Crippen LogP contribution in [0, 0.1) is 5.92 Å². The fourth-order valence-corrected chi connectivity index (χ4v) is 2.49. The van der Waals surface area contributed by atoms with Gasteiger partial charge in [0.25, 0.3) is 0 Å². The van der Waals surface area contributed by atoms with Crippen LogP contribution in [0.5, 0.6) is 0 Å². The predicted octanol–water partition coefficient (Wildman–Crippen LogP) is 1.26. The summed E-state index contributed by atoms with van der Waals surface area (Å²) < 4.78 is 4.63. The summed E-state index contributed by atoms with van der Waals surface area (Å²) in [7, 11) is 1.39. The van der Waals surface area contributed by atoms with Crippen molar-refractivity contribution < 1.29 is 9.53 Å². The molecule has 1 aliphatic rings. The smallest absolute Gasteiger partial charge is 0.328 e. The number of aliphatic imine (C=N–C) groups is 1. The first-order valence-corrected chi connectivity index (χ1v) is 6.08. The average Bonchev–Trinajstić information content (AvgIpc) is 2.65. The maximum absolute atomic E-state index is 11.2. The third kappa shape index (κ3) is 3.41. The molecule has 2 atom stereocenters. The molecule has 1 aliphatic heterocycles. The first-order valence-electron chi connectivity index (χ1n) is 5.09. The maximum Gasteiger partial charge on any atom is 0.328 e. The van der Waals surface area contributed by atoms with E-state index in [1.165, 1.54) is 7.11 Å². The molecule has 0 spiro atoms. The Hall–Kier alpha value is -0.710. The average molecular weight is 230 g/mol. The fourth-order valence-electron chi connectivity index (χ4n) is 1.23. The lowest BCUT2D eigenvalue weighted by Crippen LogP contribution is -2.37. The van der Waals surface area contributed by atoms with E-state index in [1.807, 2.05) is 0 Å². The Morgan fingerprint density at radius 1 is 1.60 bits per heavy atom. The van der Waals surface area contributed by atoms with Crippen molar-refractivity contribution in [1.82, 2.24) is 5.32 Å². The number of nitrogens with one attached hydrogen (secondary N) is 1. The number of thioether (sulfide) groups is 1. The van der Waals surface area contributed by atoms with Gasteiger partial charge in [-0.2, -0.15) is 0 Å². The van der Waals surface area contributed by atoms with Gasteiger partial charge < -0.3 is 10.1 Å². The molecule has 0 radical (unpaired) electrons. The number of esters is 1. The number of amidine groups is 1. The molecule has 0 bridgehead atoms. The molecule has 0 saturated carbocycles. The highest BCUT2D eigenvalue weighted by Gasteiger charge is 2.23. The van der Waals surface area contributed by atoms with Crippen LogP contribution in [0.15, 0.2) is 4.99 Å². The molecule has 0 amide bonds. The Morgan fingerprint density at radius 3 is 2.73 bits per heavy atom. The van der Waals surface area contributed by atoms with E-state index in [2.05, 4.69) is 28.9 Å². The molecule has 15 heavy (non-hydrogen) atoms. The van der Waals surface area contributed by atoms with Crippen molar-refractivity contribution in [2.24, 2.45) is 10.9 Å². The topological polar surface area (TPSA) is 50.7 Å². The molecule has 1 N–H and O–H groups in total. The molecule has 0 fully saturated rings. The largest absolute Gasteiger partial charge is 0.467 e. The van der Waals surface area contributed by atoms with Gasteiger partial charge in [0.05, 0.1) is 13.2 Å². The van der Waals surface area contributed by atoms with Gasteiger partial charge in [0.15, 0.2) is 5.17 Å². The number of ether oxygens (including phenoxy) is 1. The summed E-state index contributed by atoms with van der Waals surface area (Å²) in [6, 6.07) is 0.0366. The lowest BCUT2D eigenvalue weighted by atomic mass is 10.1. The first-order chi connectivity index (χ1) is 7.04. The minimum absolute atomic E-state index is 0.258. The Balaban J connectivity index is 2.47. The molecule has 1 unspecified atom stereocenters. The van der Waals surface area contributed by atoms with Gasteiger partial charge in [-0.05, 0) is 12.8 Å². The van der Waals surface area contributed by atoms with Gasteiger partial charge in [-0.3, -0.25) is 4.99 Å². The van der Waals surface area contributed by atoms with E-state index < -0.39 is 0 Å². The van der Waals surface area contributed by atoms with Crippen LogP contribution in [0.1, 0.15) is 20.8 Å². The number of rotatable bonds is 3. The second-order valence-electron chi connectivity index (χ2n) is 3.95. The Bertz CT molecular complexity index is 266. The van der Waals surface area contributed by atoms with Crippen LogP contribution in [0.4, 0.5) is 0 Å². The first kappa shape index (κ1) is 12.4. The normalized spacial score (nSPS) is 22.5. The molecule has 5 heteroatoms. The second kappa shape index (κ2) is 5.39. The zero-order chi connectivity index (χ0) is 11.4. The monoisotopic (exact) mass is 230 g/mol. The van der Waals surface area contributed by atoms with Crippen LogP contribution < -0.4 is 5.32 Å². The van der Waals surface area contributed by atoms with Gasteiger partial charge in [0.2, 0.25) is 0 Å². The highest BCUT2D eigenvalue weighted by Crippen LogP contribution is 2.22. The van der Waals surface area contributed by atoms with Crippen LogP contribution >= 0.6 is 11.8 Å².